The molecule has 0 spiro atoms. The number of carbonyl (C=O) groups excluding carboxylic acids is 2. The standard InChI is InChI=1S/C22H18N2O3/c25-21-14-27-20-11-10-17(13-19(20)24-21)23-22(26)18-9-5-4-8-16(18)12-15-6-2-1-3-7-15/h1-11,13H,12,14H2,(H,23,26)(H,24,25). The molecule has 2 N–H and O–H groups in total. The van der Waals surface area contributed by atoms with Gasteiger partial charge in [-0.15, -0.1) is 0 Å². The van der Waals surface area contributed by atoms with Crippen molar-refractivity contribution in [1.29, 1.82) is 0 Å². The van der Waals surface area contributed by atoms with Crippen LogP contribution in [0.5, 0.6) is 5.75 Å². The Morgan fingerprint density at radius 3 is 2.63 bits per heavy atom. The van der Waals surface area contributed by atoms with Gasteiger partial charge in [0.2, 0.25) is 0 Å². The van der Waals surface area contributed by atoms with Crippen LogP contribution in [0, 0.1) is 0 Å². The highest BCUT2D eigenvalue weighted by atomic mass is 16.5. The van der Waals surface area contributed by atoms with Gasteiger partial charge < -0.3 is 15.4 Å². The molecule has 3 aromatic rings. The lowest BCUT2D eigenvalue weighted by Gasteiger charge is -2.19. The average molecular weight is 358 g/mol. The highest BCUT2D eigenvalue weighted by Gasteiger charge is 2.17. The molecule has 27 heavy (non-hydrogen) atoms. The first-order valence-electron chi connectivity index (χ1n) is 8.69. The minimum atomic E-state index is -0.209. The van der Waals surface area contributed by atoms with Gasteiger partial charge in [-0.2, -0.15) is 0 Å². The van der Waals surface area contributed by atoms with Crippen molar-refractivity contribution < 1.29 is 14.3 Å². The van der Waals surface area contributed by atoms with Gasteiger partial charge in [-0.3, -0.25) is 9.59 Å². The molecule has 4 rings (SSSR count). The van der Waals surface area contributed by atoms with Gasteiger partial charge in [0.15, 0.2) is 6.61 Å². The van der Waals surface area contributed by atoms with Gasteiger partial charge >= 0.3 is 0 Å². The Morgan fingerprint density at radius 2 is 1.78 bits per heavy atom. The average Bonchev–Trinajstić information content (AvgIpc) is 2.69. The molecule has 0 saturated heterocycles. The van der Waals surface area contributed by atoms with Crippen molar-refractivity contribution in [2.24, 2.45) is 0 Å². The molecule has 0 atom stereocenters. The molecule has 1 heterocycles. The van der Waals surface area contributed by atoms with Gasteiger partial charge in [-0.05, 0) is 41.8 Å². The zero-order chi connectivity index (χ0) is 18.6. The number of anilines is 2. The molecule has 2 amide bonds. The molecule has 0 fully saturated rings. The fourth-order valence-corrected chi connectivity index (χ4v) is 3.07. The molecule has 0 unspecified atom stereocenters. The lowest BCUT2D eigenvalue weighted by molar-refractivity contribution is -0.118. The first kappa shape index (κ1) is 16.8. The number of benzene rings is 3. The SMILES string of the molecule is O=C1COc2ccc(NC(=O)c3ccccc3Cc3ccccc3)cc2N1. The predicted molar refractivity (Wildman–Crippen MR) is 104 cm³/mol. The zero-order valence-corrected chi connectivity index (χ0v) is 14.6. The molecule has 134 valence electrons. The molecule has 5 nitrogen and oxygen atoms in total. The predicted octanol–water partition coefficient (Wildman–Crippen LogP) is 3.86. The smallest absolute Gasteiger partial charge is 0.262 e. The van der Waals surface area contributed by atoms with E-state index in [1.54, 1.807) is 18.2 Å². The zero-order valence-electron chi connectivity index (χ0n) is 14.6. The molecular formula is C22H18N2O3. The van der Waals surface area contributed by atoms with Crippen LogP contribution in [0.25, 0.3) is 0 Å². The van der Waals surface area contributed by atoms with Crippen molar-refractivity contribution in [2.75, 3.05) is 17.2 Å². The van der Waals surface area contributed by atoms with E-state index in [9.17, 15) is 9.59 Å². The second kappa shape index (κ2) is 7.33. The third kappa shape index (κ3) is 3.82. The van der Waals surface area contributed by atoms with Crippen molar-refractivity contribution >= 4 is 23.2 Å². The number of hydrogen-bond acceptors (Lipinski definition) is 3. The third-order valence-corrected chi connectivity index (χ3v) is 4.37. The van der Waals surface area contributed by atoms with Gasteiger partial charge in [0.05, 0.1) is 5.69 Å². The highest BCUT2D eigenvalue weighted by Crippen LogP contribution is 2.30. The largest absolute Gasteiger partial charge is 0.482 e. The summed E-state index contributed by atoms with van der Waals surface area (Å²) in [6.07, 6.45) is 0.679. The summed E-state index contributed by atoms with van der Waals surface area (Å²) in [4.78, 5) is 24.3. The summed E-state index contributed by atoms with van der Waals surface area (Å²) in [6.45, 7) is 0.00552. The molecule has 0 bridgehead atoms. The Morgan fingerprint density at radius 1 is 1.00 bits per heavy atom. The van der Waals surface area contributed by atoms with E-state index in [0.29, 0.717) is 29.1 Å². The van der Waals surface area contributed by atoms with Gasteiger partial charge in [-0.25, -0.2) is 0 Å². The van der Waals surface area contributed by atoms with Crippen LogP contribution in [-0.4, -0.2) is 18.4 Å². The summed E-state index contributed by atoms with van der Waals surface area (Å²) in [7, 11) is 0. The molecule has 3 aromatic carbocycles. The van der Waals surface area contributed by atoms with E-state index in [0.717, 1.165) is 11.1 Å². The van der Waals surface area contributed by atoms with Crippen LogP contribution in [0.3, 0.4) is 0 Å². The van der Waals surface area contributed by atoms with Crippen LogP contribution < -0.4 is 15.4 Å². The lowest BCUT2D eigenvalue weighted by Crippen LogP contribution is -2.25. The van der Waals surface area contributed by atoms with Crippen molar-refractivity contribution in [3.63, 3.8) is 0 Å². The molecule has 1 aliphatic rings. The van der Waals surface area contributed by atoms with E-state index in [2.05, 4.69) is 10.6 Å². The van der Waals surface area contributed by atoms with Crippen LogP contribution in [0.1, 0.15) is 21.5 Å². The van der Waals surface area contributed by atoms with Crippen LogP contribution in [-0.2, 0) is 11.2 Å². The molecule has 0 aliphatic carbocycles. The minimum Gasteiger partial charge on any atom is -0.482 e. The first-order chi connectivity index (χ1) is 13.2. The molecule has 0 saturated carbocycles. The van der Waals surface area contributed by atoms with Gasteiger partial charge in [-0.1, -0.05) is 48.5 Å². The number of nitrogens with one attached hydrogen (secondary N) is 2. The molecule has 0 aromatic heterocycles. The summed E-state index contributed by atoms with van der Waals surface area (Å²) in [6, 6.07) is 22.8. The maximum Gasteiger partial charge on any atom is 0.262 e. The summed E-state index contributed by atoms with van der Waals surface area (Å²) >= 11 is 0. The second-order valence-corrected chi connectivity index (χ2v) is 6.32. The number of carbonyl (C=O) groups is 2. The van der Waals surface area contributed by atoms with E-state index < -0.39 is 0 Å². The normalized spacial score (nSPS) is 12.5. The van der Waals surface area contributed by atoms with Crippen molar-refractivity contribution in [2.45, 2.75) is 6.42 Å². The third-order valence-electron chi connectivity index (χ3n) is 4.37. The number of hydrogen-bond donors (Lipinski definition) is 2. The second-order valence-electron chi connectivity index (χ2n) is 6.32. The van der Waals surface area contributed by atoms with Crippen molar-refractivity contribution in [3.05, 3.63) is 89.5 Å². The summed E-state index contributed by atoms with van der Waals surface area (Å²) in [5.41, 5.74) is 3.88. The number of amides is 2. The van der Waals surface area contributed by atoms with Gasteiger partial charge in [0, 0.05) is 11.3 Å². The van der Waals surface area contributed by atoms with E-state index in [1.165, 1.54) is 0 Å². The quantitative estimate of drug-likeness (QED) is 0.744. The van der Waals surface area contributed by atoms with E-state index in [-0.39, 0.29) is 18.4 Å². The van der Waals surface area contributed by atoms with Gasteiger partial charge in [0.1, 0.15) is 5.75 Å². The first-order valence-corrected chi connectivity index (χ1v) is 8.69. The van der Waals surface area contributed by atoms with Crippen molar-refractivity contribution in [1.82, 2.24) is 0 Å². The highest BCUT2D eigenvalue weighted by molar-refractivity contribution is 6.06. The Kier molecular flexibility index (Phi) is 4.58. The number of fused-ring (bicyclic) bond motifs is 1. The monoisotopic (exact) mass is 358 g/mol. The lowest BCUT2D eigenvalue weighted by atomic mass is 9.99. The summed E-state index contributed by atoms with van der Waals surface area (Å²) in [5, 5.41) is 5.65. The molecule has 1 aliphatic heterocycles. The summed E-state index contributed by atoms with van der Waals surface area (Å²) in [5.74, 6) is 0.195. The molecular weight excluding hydrogens is 340 g/mol. The van der Waals surface area contributed by atoms with E-state index in [1.807, 2.05) is 54.6 Å². The Labute approximate surface area is 157 Å². The Bertz CT molecular complexity index is 999. The van der Waals surface area contributed by atoms with Gasteiger partial charge in [0.25, 0.3) is 11.8 Å². The number of ether oxygens (including phenoxy) is 1. The van der Waals surface area contributed by atoms with Crippen LogP contribution in [0.15, 0.2) is 72.8 Å². The van der Waals surface area contributed by atoms with Crippen LogP contribution in [0.2, 0.25) is 0 Å². The Balaban J connectivity index is 1.55. The molecule has 5 heteroatoms. The summed E-state index contributed by atoms with van der Waals surface area (Å²) < 4.78 is 5.34. The fraction of sp³-hybridized carbons (Fsp3) is 0.0909. The molecule has 0 radical (unpaired) electrons. The fourth-order valence-electron chi connectivity index (χ4n) is 3.07. The minimum absolute atomic E-state index is 0.00552. The van der Waals surface area contributed by atoms with Crippen molar-refractivity contribution in [3.8, 4) is 5.75 Å². The maximum atomic E-state index is 12.8. The Hall–Kier alpha value is -3.60. The van der Waals surface area contributed by atoms with E-state index >= 15 is 0 Å². The maximum absolute atomic E-state index is 12.8. The topological polar surface area (TPSA) is 67.4 Å². The van der Waals surface area contributed by atoms with E-state index in [4.69, 9.17) is 4.74 Å². The van der Waals surface area contributed by atoms with Crippen LogP contribution >= 0.6 is 0 Å². The van der Waals surface area contributed by atoms with Crippen LogP contribution in [0.4, 0.5) is 11.4 Å². The number of rotatable bonds is 4.